The van der Waals surface area contributed by atoms with Crippen molar-refractivity contribution < 1.29 is 15.0 Å². The van der Waals surface area contributed by atoms with Crippen molar-refractivity contribution in [3.05, 3.63) is 0 Å². The molecule has 4 nitrogen and oxygen atoms in total. The van der Waals surface area contributed by atoms with Crippen LogP contribution in [0.3, 0.4) is 0 Å². The third-order valence-electron chi connectivity index (χ3n) is 4.39. The van der Waals surface area contributed by atoms with Gasteiger partial charge in [0.15, 0.2) is 0 Å². The summed E-state index contributed by atoms with van der Waals surface area (Å²) in [6, 6.07) is 0.273. The van der Waals surface area contributed by atoms with Crippen LogP contribution in [0.15, 0.2) is 0 Å². The predicted octanol–water partition coefficient (Wildman–Crippen LogP) is 1.48. The molecule has 0 aromatic rings. The molecule has 1 heterocycles. The highest BCUT2D eigenvalue weighted by Gasteiger charge is 2.37. The molecule has 0 bridgehead atoms. The van der Waals surface area contributed by atoms with E-state index in [4.69, 9.17) is 5.11 Å². The topological polar surface area (TPSA) is 60.8 Å². The third-order valence-corrected chi connectivity index (χ3v) is 4.39. The van der Waals surface area contributed by atoms with Crippen LogP contribution in [0.25, 0.3) is 0 Å². The Kier molecular flexibility index (Phi) is 3.73. The second kappa shape index (κ2) is 4.94. The molecule has 2 unspecified atom stereocenters. The molecule has 0 radical (unpaired) electrons. The summed E-state index contributed by atoms with van der Waals surface area (Å²) in [5.74, 6) is -0.865. The van der Waals surface area contributed by atoms with E-state index in [1.807, 2.05) is 0 Å². The van der Waals surface area contributed by atoms with Gasteiger partial charge in [0.05, 0.1) is 11.5 Å². The third kappa shape index (κ3) is 2.99. The van der Waals surface area contributed by atoms with E-state index in [-0.39, 0.29) is 12.0 Å². The molecule has 1 saturated carbocycles. The van der Waals surface area contributed by atoms with Gasteiger partial charge in [-0.25, -0.2) is 0 Å². The number of hydrogen-bond acceptors (Lipinski definition) is 3. The molecule has 98 valence electrons. The lowest BCUT2D eigenvalue weighted by Gasteiger charge is -2.40. The number of piperidine rings is 1. The van der Waals surface area contributed by atoms with Crippen molar-refractivity contribution in [3.8, 4) is 0 Å². The molecule has 0 aromatic carbocycles. The van der Waals surface area contributed by atoms with E-state index in [2.05, 4.69) is 11.8 Å². The van der Waals surface area contributed by atoms with E-state index in [1.165, 1.54) is 0 Å². The second-order valence-electron chi connectivity index (χ2n) is 5.81. The van der Waals surface area contributed by atoms with Crippen LogP contribution in [0.1, 0.15) is 45.4 Å². The Bertz CT molecular complexity index is 286. The molecule has 0 amide bonds. The summed E-state index contributed by atoms with van der Waals surface area (Å²) in [4.78, 5) is 13.2. The Morgan fingerprint density at radius 2 is 2.06 bits per heavy atom. The molecule has 2 atom stereocenters. The van der Waals surface area contributed by atoms with Gasteiger partial charge in [-0.15, -0.1) is 0 Å². The van der Waals surface area contributed by atoms with E-state index >= 15 is 0 Å². The van der Waals surface area contributed by atoms with Gasteiger partial charge in [-0.3, -0.25) is 9.69 Å². The van der Waals surface area contributed by atoms with Crippen LogP contribution in [-0.2, 0) is 4.79 Å². The zero-order valence-corrected chi connectivity index (χ0v) is 10.6. The maximum Gasteiger partial charge on any atom is 0.306 e. The summed E-state index contributed by atoms with van der Waals surface area (Å²) >= 11 is 0. The van der Waals surface area contributed by atoms with Gasteiger partial charge < -0.3 is 10.2 Å². The number of likely N-dealkylation sites (tertiary alicyclic amines) is 1. The number of aliphatic carboxylic acids is 1. The molecule has 4 heteroatoms. The largest absolute Gasteiger partial charge is 0.481 e. The second-order valence-corrected chi connectivity index (χ2v) is 5.81. The number of nitrogens with zero attached hydrogens (tertiary/aromatic N) is 1. The summed E-state index contributed by atoms with van der Waals surface area (Å²) in [5.41, 5.74) is -0.510. The van der Waals surface area contributed by atoms with Crippen molar-refractivity contribution in [3.63, 3.8) is 0 Å². The fourth-order valence-electron chi connectivity index (χ4n) is 3.25. The lowest BCUT2D eigenvalue weighted by atomic mass is 9.90. The maximum absolute atomic E-state index is 10.9. The molecule has 0 aromatic heterocycles. The fraction of sp³-hybridized carbons (Fsp3) is 0.923. The standard InChI is InChI=1S/C13H23NO3/c1-10-8-11(12(15)16)4-7-14(10)9-13(17)5-2-3-6-13/h10-11,17H,2-9H2,1H3,(H,15,16). The number of hydrogen-bond donors (Lipinski definition) is 2. The van der Waals surface area contributed by atoms with Crippen LogP contribution >= 0.6 is 0 Å². The number of rotatable bonds is 3. The van der Waals surface area contributed by atoms with Gasteiger partial charge in [0.1, 0.15) is 0 Å². The maximum atomic E-state index is 10.9. The molecule has 1 aliphatic heterocycles. The van der Waals surface area contributed by atoms with E-state index in [0.717, 1.165) is 45.2 Å². The quantitative estimate of drug-likeness (QED) is 0.785. The zero-order valence-electron chi connectivity index (χ0n) is 10.6. The average Bonchev–Trinajstić information content (AvgIpc) is 2.68. The van der Waals surface area contributed by atoms with Crippen molar-refractivity contribution in [1.82, 2.24) is 4.90 Å². The van der Waals surface area contributed by atoms with Gasteiger partial charge in [-0.2, -0.15) is 0 Å². The van der Waals surface area contributed by atoms with Crippen molar-refractivity contribution >= 4 is 5.97 Å². The highest BCUT2D eigenvalue weighted by atomic mass is 16.4. The van der Waals surface area contributed by atoms with Crippen molar-refractivity contribution in [2.45, 2.75) is 57.1 Å². The normalized spacial score (nSPS) is 33.8. The van der Waals surface area contributed by atoms with Gasteiger partial charge in [-0.05, 0) is 39.2 Å². The number of aliphatic hydroxyl groups is 1. The summed E-state index contributed by atoms with van der Waals surface area (Å²) < 4.78 is 0. The molecule has 1 saturated heterocycles. The summed E-state index contributed by atoms with van der Waals surface area (Å²) in [6.45, 7) is 3.61. The Balaban J connectivity index is 1.89. The predicted molar refractivity (Wildman–Crippen MR) is 64.8 cm³/mol. The Morgan fingerprint density at radius 3 is 2.59 bits per heavy atom. The Labute approximate surface area is 103 Å². The monoisotopic (exact) mass is 241 g/mol. The first-order valence-electron chi connectivity index (χ1n) is 6.69. The van der Waals surface area contributed by atoms with Gasteiger partial charge in [0.25, 0.3) is 0 Å². The van der Waals surface area contributed by atoms with Crippen molar-refractivity contribution in [2.24, 2.45) is 5.92 Å². The Hall–Kier alpha value is -0.610. The highest BCUT2D eigenvalue weighted by molar-refractivity contribution is 5.70. The van der Waals surface area contributed by atoms with Crippen LogP contribution in [0.5, 0.6) is 0 Å². The molecular formula is C13H23NO3. The molecule has 0 spiro atoms. The first-order valence-corrected chi connectivity index (χ1v) is 6.69. The van der Waals surface area contributed by atoms with E-state index < -0.39 is 11.6 Å². The first kappa shape index (κ1) is 12.8. The molecule has 1 aliphatic carbocycles. The van der Waals surface area contributed by atoms with Crippen LogP contribution in [0.4, 0.5) is 0 Å². The summed E-state index contributed by atoms with van der Waals surface area (Å²) in [5, 5.41) is 19.4. The van der Waals surface area contributed by atoms with E-state index in [1.54, 1.807) is 0 Å². The van der Waals surface area contributed by atoms with Gasteiger partial charge in [-0.1, -0.05) is 12.8 Å². The van der Waals surface area contributed by atoms with Gasteiger partial charge in [0.2, 0.25) is 0 Å². The molecular weight excluding hydrogens is 218 g/mol. The molecule has 2 aliphatic rings. The highest BCUT2D eigenvalue weighted by Crippen LogP contribution is 2.32. The first-order chi connectivity index (χ1) is 8.00. The summed E-state index contributed by atoms with van der Waals surface area (Å²) in [7, 11) is 0. The number of β-amino-alcohol motifs (C(OH)–C–C–N with tert-alkyl or cyclic N) is 1. The molecule has 2 fully saturated rings. The molecule has 2 N–H and O–H groups in total. The van der Waals surface area contributed by atoms with E-state index in [9.17, 15) is 9.90 Å². The SMILES string of the molecule is CC1CC(C(=O)O)CCN1CC1(O)CCCC1. The summed E-state index contributed by atoms with van der Waals surface area (Å²) in [6.07, 6.45) is 5.48. The van der Waals surface area contributed by atoms with E-state index in [0.29, 0.717) is 6.42 Å². The van der Waals surface area contributed by atoms with Crippen molar-refractivity contribution in [2.75, 3.05) is 13.1 Å². The average molecular weight is 241 g/mol. The Morgan fingerprint density at radius 1 is 1.41 bits per heavy atom. The van der Waals surface area contributed by atoms with Crippen molar-refractivity contribution in [1.29, 1.82) is 0 Å². The number of carboxylic acids is 1. The molecule has 2 rings (SSSR count). The fourth-order valence-corrected chi connectivity index (χ4v) is 3.25. The van der Waals surface area contributed by atoms with Crippen LogP contribution in [-0.4, -0.2) is 45.8 Å². The van der Waals surface area contributed by atoms with Gasteiger partial charge >= 0.3 is 5.97 Å². The molecule has 17 heavy (non-hydrogen) atoms. The number of carbonyl (C=O) groups is 1. The lowest BCUT2D eigenvalue weighted by molar-refractivity contribution is -0.144. The zero-order chi connectivity index (χ0) is 12.5. The van der Waals surface area contributed by atoms with Crippen LogP contribution in [0, 0.1) is 5.92 Å². The van der Waals surface area contributed by atoms with Crippen LogP contribution in [0.2, 0.25) is 0 Å². The minimum Gasteiger partial charge on any atom is -0.481 e. The minimum absolute atomic E-state index is 0.195. The van der Waals surface area contributed by atoms with Crippen LogP contribution < -0.4 is 0 Å². The van der Waals surface area contributed by atoms with Gasteiger partial charge in [0, 0.05) is 12.6 Å². The number of carboxylic acid groups (broad SMARTS) is 1. The minimum atomic E-state index is -0.670. The lowest BCUT2D eigenvalue weighted by Crippen LogP contribution is -2.49. The smallest absolute Gasteiger partial charge is 0.306 e.